The fourth-order valence-corrected chi connectivity index (χ4v) is 4.66. The van der Waals surface area contributed by atoms with Crippen molar-refractivity contribution in [2.75, 3.05) is 4.72 Å². The van der Waals surface area contributed by atoms with E-state index in [0.717, 1.165) is 0 Å². The summed E-state index contributed by atoms with van der Waals surface area (Å²) >= 11 is 1.35. The van der Waals surface area contributed by atoms with Crippen LogP contribution in [0.4, 0.5) is 10.1 Å². The SMILES string of the molecule is O=C(OCc1csc(COc2ccc(F)cc2)n1)c1cccc(NS(=O)(=O)c2ccccc2)c1. The summed E-state index contributed by atoms with van der Waals surface area (Å²) < 4.78 is 51.3. The largest absolute Gasteiger partial charge is 0.486 e. The fourth-order valence-electron chi connectivity index (χ4n) is 2.90. The van der Waals surface area contributed by atoms with Crippen LogP contribution in [0, 0.1) is 5.82 Å². The Morgan fingerprint density at radius 3 is 2.50 bits per heavy atom. The molecule has 3 aromatic carbocycles. The van der Waals surface area contributed by atoms with Crippen molar-refractivity contribution in [2.24, 2.45) is 0 Å². The average molecular weight is 499 g/mol. The number of aromatic nitrogens is 1. The Morgan fingerprint density at radius 1 is 0.971 bits per heavy atom. The molecule has 10 heteroatoms. The van der Waals surface area contributed by atoms with Crippen molar-refractivity contribution in [1.82, 2.24) is 4.98 Å². The van der Waals surface area contributed by atoms with Gasteiger partial charge in [0, 0.05) is 11.1 Å². The Balaban J connectivity index is 1.32. The lowest BCUT2D eigenvalue weighted by molar-refractivity contribution is 0.0468. The molecule has 0 saturated carbocycles. The van der Waals surface area contributed by atoms with Crippen LogP contribution < -0.4 is 9.46 Å². The molecule has 0 aliphatic heterocycles. The zero-order chi connectivity index (χ0) is 24.0. The highest BCUT2D eigenvalue weighted by molar-refractivity contribution is 7.92. The highest BCUT2D eigenvalue weighted by atomic mass is 32.2. The van der Waals surface area contributed by atoms with Gasteiger partial charge in [-0.1, -0.05) is 24.3 Å². The van der Waals surface area contributed by atoms with Gasteiger partial charge in [0.05, 0.1) is 16.2 Å². The second-order valence-electron chi connectivity index (χ2n) is 7.05. The first-order chi connectivity index (χ1) is 16.4. The molecule has 0 aliphatic carbocycles. The first-order valence-electron chi connectivity index (χ1n) is 10.1. The van der Waals surface area contributed by atoms with Gasteiger partial charge in [-0.25, -0.2) is 22.6 Å². The predicted molar refractivity (Wildman–Crippen MR) is 126 cm³/mol. The van der Waals surface area contributed by atoms with Crippen molar-refractivity contribution in [3.05, 3.63) is 106 Å². The van der Waals surface area contributed by atoms with Crippen LogP contribution in [0.1, 0.15) is 21.1 Å². The zero-order valence-electron chi connectivity index (χ0n) is 17.7. The van der Waals surface area contributed by atoms with E-state index >= 15 is 0 Å². The molecule has 0 saturated heterocycles. The molecule has 7 nitrogen and oxygen atoms in total. The second kappa shape index (κ2) is 10.4. The van der Waals surface area contributed by atoms with Crippen LogP contribution in [0.2, 0.25) is 0 Å². The number of esters is 1. The third-order valence-electron chi connectivity index (χ3n) is 4.53. The van der Waals surface area contributed by atoms with Crippen molar-refractivity contribution in [2.45, 2.75) is 18.1 Å². The molecule has 0 atom stereocenters. The number of anilines is 1. The molecule has 1 N–H and O–H groups in total. The van der Waals surface area contributed by atoms with Crippen LogP contribution in [0.25, 0.3) is 0 Å². The van der Waals surface area contributed by atoms with E-state index in [1.807, 2.05) is 0 Å². The molecular formula is C24H19FN2O5S2. The summed E-state index contributed by atoms with van der Waals surface area (Å²) in [6.45, 7) is 0.152. The molecule has 4 aromatic rings. The van der Waals surface area contributed by atoms with E-state index < -0.39 is 16.0 Å². The number of carbonyl (C=O) groups excluding carboxylic acids is 1. The average Bonchev–Trinajstić information content (AvgIpc) is 3.30. The number of hydrogen-bond acceptors (Lipinski definition) is 7. The van der Waals surface area contributed by atoms with Crippen LogP contribution in [-0.2, 0) is 28.0 Å². The molecule has 0 amide bonds. The zero-order valence-corrected chi connectivity index (χ0v) is 19.3. The van der Waals surface area contributed by atoms with Crippen molar-refractivity contribution < 1.29 is 27.1 Å². The number of thiazole rings is 1. The second-order valence-corrected chi connectivity index (χ2v) is 9.68. The standard InChI is InChI=1S/C24H19FN2O5S2/c25-18-9-11-21(12-10-18)31-15-23-26-20(16-33-23)14-32-24(28)17-5-4-6-19(13-17)27-34(29,30)22-7-2-1-3-8-22/h1-13,16,27H,14-15H2. The van der Waals surface area contributed by atoms with Crippen LogP contribution >= 0.6 is 11.3 Å². The Hall–Kier alpha value is -3.76. The van der Waals surface area contributed by atoms with E-state index in [2.05, 4.69) is 9.71 Å². The van der Waals surface area contributed by atoms with Gasteiger partial charge in [-0.2, -0.15) is 0 Å². The normalized spacial score (nSPS) is 11.1. The summed E-state index contributed by atoms with van der Waals surface area (Å²) in [7, 11) is -3.78. The first-order valence-corrected chi connectivity index (χ1v) is 12.4. The number of nitrogens with one attached hydrogen (secondary N) is 1. The van der Waals surface area contributed by atoms with Crippen LogP contribution in [0.15, 0.2) is 89.1 Å². The van der Waals surface area contributed by atoms with Gasteiger partial charge in [0.2, 0.25) is 0 Å². The lowest BCUT2D eigenvalue weighted by Crippen LogP contribution is -2.13. The highest BCUT2D eigenvalue weighted by Gasteiger charge is 2.15. The molecule has 0 bridgehead atoms. The number of rotatable bonds is 9. The minimum absolute atomic E-state index is 0.0498. The summed E-state index contributed by atoms with van der Waals surface area (Å²) in [6.07, 6.45) is 0. The maximum Gasteiger partial charge on any atom is 0.338 e. The van der Waals surface area contributed by atoms with Crippen molar-refractivity contribution >= 4 is 33.0 Å². The van der Waals surface area contributed by atoms with Gasteiger partial charge >= 0.3 is 5.97 Å². The van der Waals surface area contributed by atoms with E-state index in [9.17, 15) is 17.6 Å². The number of benzene rings is 3. The summed E-state index contributed by atoms with van der Waals surface area (Å²) in [5.74, 6) is -0.435. The molecule has 0 radical (unpaired) electrons. The minimum atomic E-state index is -3.78. The van der Waals surface area contributed by atoms with Crippen LogP contribution in [0.5, 0.6) is 5.75 Å². The predicted octanol–water partition coefficient (Wildman–Crippen LogP) is 5.02. The number of nitrogens with zero attached hydrogens (tertiary/aromatic N) is 1. The topological polar surface area (TPSA) is 94.6 Å². The van der Waals surface area contributed by atoms with E-state index in [-0.39, 0.29) is 35.2 Å². The Kier molecular flexibility index (Phi) is 7.19. The number of sulfonamides is 1. The Morgan fingerprint density at radius 2 is 1.74 bits per heavy atom. The van der Waals surface area contributed by atoms with Gasteiger partial charge in [-0.15, -0.1) is 11.3 Å². The number of ether oxygens (including phenoxy) is 2. The summed E-state index contributed by atoms with van der Waals surface area (Å²) in [5, 5.41) is 2.42. The van der Waals surface area contributed by atoms with E-state index in [1.54, 1.807) is 35.7 Å². The summed E-state index contributed by atoms with van der Waals surface area (Å²) in [6, 6.07) is 19.7. The molecule has 0 unspecified atom stereocenters. The third kappa shape index (κ3) is 6.18. The Bertz CT molecular complexity index is 1370. The van der Waals surface area contributed by atoms with Crippen molar-refractivity contribution in [3.8, 4) is 5.75 Å². The third-order valence-corrected chi connectivity index (χ3v) is 6.80. The number of carbonyl (C=O) groups is 1. The van der Waals surface area contributed by atoms with Gasteiger partial charge in [0.1, 0.15) is 29.8 Å². The minimum Gasteiger partial charge on any atom is -0.486 e. The van der Waals surface area contributed by atoms with Gasteiger partial charge in [-0.05, 0) is 54.6 Å². The van der Waals surface area contributed by atoms with Gasteiger partial charge < -0.3 is 9.47 Å². The van der Waals surface area contributed by atoms with Crippen LogP contribution in [0.3, 0.4) is 0 Å². The quantitative estimate of drug-likeness (QED) is 0.326. The maximum atomic E-state index is 13.0. The van der Waals surface area contributed by atoms with Crippen molar-refractivity contribution in [1.29, 1.82) is 0 Å². The summed E-state index contributed by atoms with van der Waals surface area (Å²) in [5.41, 5.74) is 0.993. The molecular weight excluding hydrogens is 479 g/mol. The monoisotopic (exact) mass is 498 g/mol. The number of halogens is 1. The van der Waals surface area contributed by atoms with Crippen LogP contribution in [-0.4, -0.2) is 19.4 Å². The molecule has 1 aromatic heterocycles. The lowest BCUT2D eigenvalue weighted by atomic mass is 10.2. The lowest BCUT2D eigenvalue weighted by Gasteiger charge is -2.09. The molecule has 4 rings (SSSR count). The smallest absolute Gasteiger partial charge is 0.338 e. The molecule has 0 spiro atoms. The molecule has 0 aliphatic rings. The molecule has 174 valence electrons. The molecule has 0 fully saturated rings. The van der Waals surface area contributed by atoms with Gasteiger partial charge in [0.25, 0.3) is 10.0 Å². The van der Waals surface area contributed by atoms with Gasteiger partial charge in [0.15, 0.2) is 0 Å². The summed E-state index contributed by atoms with van der Waals surface area (Å²) in [4.78, 5) is 16.9. The Labute approximate surface area is 199 Å². The van der Waals surface area contributed by atoms with E-state index in [1.165, 1.54) is 59.9 Å². The maximum absolute atomic E-state index is 13.0. The first kappa shape index (κ1) is 23.4. The van der Waals surface area contributed by atoms with E-state index in [4.69, 9.17) is 9.47 Å². The van der Waals surface area contributed by atoms with Crippen molar-refractivity contribution in [3.63, 3.8) is 0 Å². The number of hydrogen-bond donors (Lipinski definition) is 1. The highest BCUT2D eigenvalue weighted by Crippen LogP contribution is 2.19. The molecule has 1 heterocycles. The fraction of sp³-hybridized carbons (Fsp3) is 0.0833. The van der Waals surface area contributed by atoms with Gasteiger partial charge in [-0.3, -0.25) is 4.72 Å². The van der Waals surface area contributed by atoms with E-state index in [0.29, 0.717) is 16.5 Å². The molecule has 34 heavy (non-hydrogen) atoms.